The van der Waals surface area contributed by atoms with Crippen LogP contribution in [0, 0.1) is 5.92 Å². The van der Waals surface area contributed by atoms with Gasteiger partial charge in [-0.3, -0.25) is 0 Å². The summed E-state index contributed by atoms with van der Waals surface area (Å²) in [4.78, 5) is 11.6. The minimum Gasteiger partial charge on any atom is -0.444 e. The summed E-state index contributed by atoms with van der Waals surface area (Å²) in [6, 6.07) is 0.511. The largest absolute Gasteiger partial charge is 0.444 e. The number of carbonyl (C=O) groups is 1. The van der Waals surface area contributed by atoms with Crippen LogP contribution in [-0.2, 0) is 4.74 Å². The minimum absolute atomic E-state index is 0.250. The van der Waals surface area contributed by atoms with Crippen molar-refractivity contribution in [1.29, 1.82) is 0 Å². The maximum Gasteiger partial charge on any atom is 0.407 e. The maximum absolute atomic E-state index is 11.6. The van der Waals surface area contributed by atoms with E-state index in [4.69, 9.17) is 10.5 Å². The van der Waals surface area contributed by atoms with Crippen LogP contribution in [0.5, 0.6) is 0 Å². The Balaban J connectivity index is 2.29. The zero-order chi connectivity index (χ0) is 13.1. The Labute approximate surface area is 104 Å². The van der Waals surface area contributed by atoms with Gasteiger partial charge in [0.25, 0.3) is 0 Å². The molecule has 0 aromatic heterocycles. The molecule has 0 spiro atoms. The summed E-state index contributed by atoms with van der Waals surface area (Å²) >= 11 is 0. The van der Waals surface area contributed by atoms with Crippen molar-refractivity contribution < 1.29 is 9.53 Å². The number of alkyl carbamates (subject to hydrolysis) is 1. The number of hydrogen-bond donors (Lipinski definition) is 2. The quantitative estimate of drug-likeness (QED) is 0.781. The lowest BCUT2D eigenvalue weighted by Crippen LogP contribution is -2.42. The lowest BCUT2D eigenvalue weighted by Gasteiger charge is -2.31. The highest BCUT2D eigenvalue weighted by Crippen LogP contribution is 2.26. The topological polar surface area (TPSA) is 64.3 Å². The van der Waals surface area contributed by atoms with E-state index in [0.29, 0.717) is 5.92 Å². The molecule has 1 aliphatic carbocycles. The highest BCUT2D eigenvalue weighted by atomic mass is 16.6. The van der Waals surface area contributed by atoms with Crippen LogP contribution in [0.3, 0.4) is 0 Å². The second kappa shape index (κ2) is 5.71. The molecule has 0 bridgehead atoms. The van der Waals surface area contributed by atoms with Gasteiger partial charge >= 0.3 is 6.09 Å². The predicted octanol–water partition coefficient (Wildman–Crippen LogP) is 2.42. The van der Waals surface area contributed by atoms with Crippen molar-refractivity contribution in [1.82, 2.24) is 5.32 Å². The van der Waals surface area contributed by atoms with Gasteiger partial charge in [0.2, 0.25) is 0 Å². The van der Waals surface area contributed by atoms with Crippen LogP contribution in [0.1, 0.15) is 53.4 Å². The average Bonchev–Trinajstić information content (AvgIpc) is 2.15. The zero-order valence-electron chi connectivity index (χ0n) is 11.5. The third-order valence-electron chi connectivity index (χ3n) is 3.24. The minimum atomic E-state index is -0.424. The summed E-state index contributed by atoms with van der Waals surface area (Å²) in [5.74, 6) is 0.603. The van der Waals surface area contributed by atoms with Gasteiger partial charge in [-0.1, -0.05) is 0 Å². The number of nitrogens with one attached hydrogen (secondary N) is 1. The molecule has 0 unspecified atom stereocenters. The van der Waals surface area contributed by atoms with Gasteiger partial charge in [0, 0.05) is 12.1 Å². The molecule has 1 aliphatic rings. The van der Waals surface area contributed by atoms with Gasteiger partial charge in [-0.2, -0.15) is 0 Å². The SMILES string of the molecule is C[C@H](N)C1CCC(NC(=O)OC(C)(C)C)CC1. The zero-order valence-corrected chi connectivity index (χ0v) is 11.5. The molecule has 1 atom stereocenters. The lowest BCUT2D eigenvalue weighted by atomic mass is 9.82. The highest BCUT2D eigenvalue weighted by molar-refractivity contribution is 5.68. The van der Waals surface area contributed by atoms with Crippen LogP contribution in [0.2, 0.25) is 0 Å². The maximum atomic E-state index is 11.6. The third-order valence-corrected chi connectivity index (χ3v) is 3.24. The molecule has 0 aromatic rings. The summed E-state index contributed by atoms with van der Waals surface area (Å²) < 4.78 is 5.24. The average molecular weight is 242 g/mol. The van der Waals surface area contributed by atoms with Crippen LogP contribution >= 0.6 is 0 Å². The van der Waals surface area contributed by atoms with Gasteiger partial charge in [-0.25, -0.2) is 4.79 Å². The Bertz CT molecular complexity index is 251. The molecule has 0 radical (unpaired) electrons. The predicted molar refractivity (Wildman–Crippen MR) is 68.8 cm³/mol. The molecule has 17 heavy (non-hydrogen) atoms. The number of nitrogens with two attached hydrogens (primary N) is 1. The fourth-order valence-electron chi connectivity index (χ4n) is 2.26. The van der Waals surface area contributed by atoms with Crippen molar-refractivity contribution in [3.8, 4) is 0 Å². The molecule has 4 heteroatoms. The number of amides is 1. The molecule has 3 N–H and O–H groups in total. The summed E-state index contributed by atoms with van der Waals surface area (Å²) in [7, 11) is 0. The van der Waals surface area contributed by atoms with E-state index < -0.39 is 5.60 Å². The van der Waals surface area contributed by atoms with Crippen LogP contribution in [0.15, 0.2) is 0 Å². The number of ether oxygens (including phenoxy) is 1. The Hall–Kier alpha value is -0.770. The molecular weight excluding hydrogens is 216 g/mol. The van der Waals surface area contributed by atoms with Crippen molar-refractivity contribution in [2.45, 2.75) is 71.1 Å². The lowest BCUT2D eigenvalue weighted by molar-refractivity contribution is 0.0486. The van der Waals surface area contributed by atoms with Gasteiger partial charge in [0.05, 0.1) is 0 Å². The first-order chi connectivity index (χ1) is 7.78. The molecule has 0 saturated heterocycles. The molecule has 100 valence electrons. The van der Waals surface area contributed by atoms with E-state index in [2.05, 4.69) is 12.2 Å². The van der Waals surface area contributed by atoms with Crippen molar-refractivity contribution in [3.05, 3.63) is 0 Å². The van der Waals surface area contributed by atoms with E-state index in [0.717, 1.165) is 25.7 Å². The van der Waals surface area contributed by atoms with Crippen LogP contribution in [0.4, 0.5) is 4.79 Å². The molecule has 4 nitrogen and oxygen atoms in total. The van der Waals surface area contributed by atoms with Gasteiger partial charge in [-0.15, -0.1) is 0 Å². The second-order valence-electron chi connectivity index (χ2n) is 6.12. The molecule has 1 rings (SSSR count). The Morgan fingerprint density at radius 3 is 2.24 bits per heavy atom. The molecule has 0 heterocycles. The monoisotopic (exact) mass is 242 g/mol. The van der Waals surface area contributed by atoms with Crippen molar-refractivity contribution in [2.24, 2.45) is 11.7 Å². The molecule has 1 saturated carbocycles. The van der Waals surface area contributed by atoms with Crippen LogP contribution in [0.25, 0.3) is 0 Å². The normalized spacial score (nSPS) is 27.4. The molecule has 1 amide bonds. The van der Waals surface area contributed by atoms with E-state index in [9.17, 15) is 4.79 Å². The van der Waals surface area contributed by atoms with Gasteiger partial charge in [0.1, 0.15) is 5.60 Å². The molecular formula is C13H26N2O2. The van der Waals surface area contributed by atoms with Gasteiger partial charge in [-0.05, 0) is 59.3 Å². The van der Waals surface area contributed by atoms with Crippen LogP contribution in [-0.4, -0.2) is 23.8 Å². The van der Waals surface area contributed by atoms with Gasteiger partial charge in [0.15, 0.2) is 0 Å². The van der Waals surface area contributed by atoms with E-state index in [1.165, 1.54) is 0 Å². The number of hydrogen-bond acceptors (Lipinski definition) is 3. The third kappa shape index (κ3) is 5.39. The van der Waals surface area contributed by atoms with Crippen molar-refractivity contribution >= 4 is 6.09 Å². The summed E-state index contributed by atoms with van der Waals surface area (Å²) in [5.41, 5.74) is 5.46. The fourth-order valence-corrected chi connectivity index (χ4v) is 2.26. The van der Waals surface area contributed by atoms with E-state index >= 15 is 0 Å². The fraction of sp³-hybridized carbons (Fsp3) is 0.923. The number of carbonyl (C=O) groups excluding carboxylic acids is 1. The molecule has 0 aromatic carbocycles. The summed E-state index contributed by atoms with van der Waals surface area (Å²) in [6.07, 6.45) is 3.90. The Morgan fingerprint density at radius 2 is 1.82 bits per heavy atom. The highest BCUT2D eigenvalue weighted by Gasteiger charge is 2.26. The van der Waals surface area contributed by atoms with E-state index in [-0.39, 0.29) is 18.2 Å². The van der Waals surface area contributed by atoms with Crippen molar-refractivity contribution in [2.75, 3.05) is 0 Å². The smallest absolute Gasteiger partial charge is 0.407 e. The van der Waals surface area contributed by atoms with Gasteiger partial charge < -0.3 is 15.8 Å². The summed E-state index contributed by atoms with van der Waals surface area (Å²) in [5, 5.41) is 2.93. The van der Waals surface area contributed by atoms with Crippen LogP contribution < -0.4 is 11.1 Å². The molecule has 1 fully saturated rings. The molecule has 0 aliphatic heterocycles. The second-order valence-corrected chi connectivity index (χ2v) is 6.12. The number of rotatable bonds is 2. The Morgan fingerprint density at radius 1 is 1.29 bits per heavy atom. The first-order valence-corrected chi connectivity index (χ1v) is 6.53. The first kappa shape index (κ1) is 14.3. The standard InChI is InChI=1S/C13H26N2O2/c1-9(14)10-5-7-11(8-6-10)15-12(16)17-13(2,3)4/h9-11H,5-8,14H2,1-4H3,(H,15,16)/t9-,10?,11?/m0/s1. The first-order valence-electron chi connectivity index (χ1n) is 6.53. The van der Waals surface area contributed by atoms with E-state index in [1.54, 1.807) is 0 Å². The summed E-state index contributed by atoms with van der Waals surface area (Å²) in [6.45, 7) is 7.69. The Kier molecular flexibility index (Phi) is 4.80. The van der Waals surface area contributed by atoms with E-state index in [1.807, 2.05) is 20.8 Å². The van der Waals surface area contributed by atoms with Crippen molar-refractivity contribution in [3.63, 3.8) is 0 Å².